The van der Waals surface area contributed by atoms with Gasteiger partial charge in [-0.05, 0) is 0 Å². The molecule has 0 fully saturated rings. The molecule has 0 amide bonds. The smallest absolute Gasteiger partial charge is 0.210 e. The van der Waals surface area contributed by atoms with Crippen molar-refractivity contribution in [2.75, 3.05) is 12.3 Å². The van der Waals surface area contributed by atoms with Gasteiger partial charge in [0.05, 0.1) is 16.5 Å². The van der Waals surface area contributed by atoms with Gasteiger partial charge in [0, 0.05) is 23.9 Å². The molecule has 0 saturated carbocycles. The Hall–Kier alpha value is -0.500. The summed E-state index contributed by atoms with van der Waals surface area (Å²) in [6.45, 7) is 7.27. The summed E-state index contributed by atoms with van der Waals surface area (Å²) in [6.07, 6.45) is 0. The van der Waals surface area contributed by atoms with Gasteiger partial charge in [0.15, 0.2) is 0 Å². The van der Waals surface area contributed by atoms with Gasteiger partial charge in [-0.25, -0.2) is 18.5 Å². The molecular weight excluding hydrogens is 258 g/mol. The van der Waals surface area contributed by atoms with Gasteiger partial charge < -0.3 is 5.32 Å². The third-order valence-electron chi connectivity index (χ3n) is 2.06. The van der Waals surface area contributed by atoms with Crippen molar-refractivity contribution < 1.29 is 8.42 Å². The summed E-state index contributed by atoms with van der Waals surface area (Å²) in [7, 11) is -3.38. The van der Waals surface area contributed by atoms with E-state index in [1.165, 1.54) is 0 Å². The molecule has 0 unspecified atom stereocenters. The topological polar surface area (TPSA) is 85.1 Å². The van der Waals surface area contributed by atoms with Crippen LogP contribution in [0.1, 0.15) is 31.5 Å². The van der Waals surface area contributed by atoms with E-state index in [0.29, 0.717) is 13.1 Å². The van der Waals surface area contributed by atoms with Gasteiger partial charge in [-0.15, -0.1) is 11.3 Å². The molecule has 5 nitrogen and oxygen atoms in total. The number of nitrogens with one attached hydrogen (secondary N) is 1. The number of rotatable bonds is 5. The Bertz CT molecular complexity index is 460. The van der Waals surface area contributed by atoms with E-state index in [-0.39, 0.29) is 11.2 Å². The van der Waals surface area contributed by atoms with E-state index in [1.807, 2.05) is 5.38 Å². The highest BCUT2D eigenvalue weighted by molar-refractivity contribution is 7.89. The number of primary sulfonamides is 1. The number of sulfonamides is 1. The number of nitrogens with two attached hydrogens (primary N) is 1. The van der Waals surface area contributed by atoms with Gasteiger partial charge in [0.1, 0.15) is 0 Å². The van der Waals surface area contributed by atoms with Crippen LogP contribution in [0, 0.1) is 0 Å². The predicted molar refractivity (Wildman–Crippen MR) is 70.5 cm³/mol. The minimum Gasteiger partial charge on any atom is -0.310 e. The van der Waals surface area contributed by atoms with Crippen LogP contribution in [0.4, 0.5) is 0 Å². The van der Waals surface area contributed by atoms with E-state index < -0.39 is 10.0 Å². The predicted octanol–water partition coefficient (Wildman–Crippen LogP) is 0.819. The molecule has 98 valence electrons. The molecule has 0 aliphatic carbocycles. The molecule has 1 rings (SSSR count). The minimum absolute atomic E-state index is 0.0523. The van der Waals surface area contributed by atoms with E-state index in [9.17, 15) is 8.42 Å². The van der Waals surface area contributed by atoms with E-state index in [2.05, 4.69) is 31.1 Å². The fourth-order valence-corrected chi connectivity index (χ4v) is 2.50. The summed E-state index contributed by atoms with van der Waals surface area (Å²) in [5, 5.41) is 11.0. The van der Waals surface area contributed by atoms with Crippen LogP contribution in [0.3, 0.4) is 0 Å². The molecule has 1 heterocycles. The third kappa shape index (κ3) is 5.58. The Kier molecular flexibility index (Phi) is 4.65. The van der Waals surface area contributed by atoms with Crippen LogP contribution >= 0.6 is 11.3 Å². The molecule has 0 spiro atoms. The zero-order chi connectivity index (χ0) is 13.1. The lowest BCUT2D eigenvalue weighted by atomic mass is 9.98. The average Bonchev–Trinajstić information content (AvgIpc) is 2.58. The van der Waals surface area contributed by atoms with Crippen molar-refractivity contribution >= 4 is 21.4 Å². The van der Waals surface area contributed by atoms with Gasteiger partial charge in [-0.3, -0.25) is 0 Å². The highest BCUT2D eigenvalue weighted by atomic mass is 32.2. The molecule has 0 radical (unpaired) electrons. The number of nitrogens with zero attached hydrogens (tertiary/aromatic N) is 1. The standard InChI is InChI=1S/C10H19N3O2S2/c1-10(2,3)9-13-8(7-16-9)6-12-4-5-17(11,14)15/h7,12H,4-6H2,1-3H3,(H2,11,14,15). The normalized spacial score (nSPS) is 12.9. The van der Waals surface area contributed by atoms with Crippen molar-refractivity contribution in [3.63, 3.8) is 0 Å². The monoisotopic (exact) mass is 277 g/mol. The average molecular weight is 277 g/mol. The Labute approximate surface area is 106 Å². The molecule has 3 N–H and O–H groups in total. The molecule has 1 aromatic rings. The van der Waals surface area contributed by atoms with Crippen molar-refractivity contribution in [1.29, 1.82) is 0 Å². The summed E-state index contributed by atoms with van der Waals surface area (Å²) in [6, 6.07) is 0. The second kappa shape index (κ2) is 5.43. The number of thiazole rings is 1. The Morgan fingerprint density at radius 2 is 2.12 bits per heavy atom. The van der Waals surface area contributed by atoms with Gasteiger partial charge in [0.2, 0.25) is 10.0 Å². The number of hydrogen-bond acceptors (Lipinski definition) is 5. The lowest BCUT2D eigenvalue weighted by Crippen LogP contribution is -2.27. The lowest BCUT2D eigenvalue weighted by molar-refractivity contribution is 0.579. The molecule has 0 atom stereocenters. The van der Waals surface area contributed by atoms with Crippen molar-refractivity contribution in [2.24, 2.45) is 5.14 Å². The van der Waals surface area contributed by atoms with Crippen LogP contribution in [0.2, 0.25) is 0 Å². The maximum Gasteiger partial charge on any atom is 0.210 e. The quantitative estimate of drug-likeness (QED) is 0.780. The maximum atomic E-state index is 10.7. The molecule has 0 aromatic carbocycles. The second-order valence-electron chi connectivity index (χ2n) is 4.94. The summed E-state index contributed by atoms with van der Waals surface area (Å²) < 4.78 is 21.4. The molecule has 0 saturated heterocycles. The first kappa shape index (κ1) is 14.6. The van der Waals surface area contributed by atoms with Crippen LogP contribution < -0.4 is 10.5 Å². The van der Waals surface area contributed by atoms with Crippen molar-refractivity contribution in [3.05, 3.63) is 16.1 Å². The zero-order valence-electron chi connectivity index (χ0n) is 10.4. The van der Waals surface area contributed by atoms with Gasteiger partial charge in [0.25, 0.3) is 0 Å². The molecule has 17 heavy (non-hydrogen) atoms. The lowest BCUT2D eigenvalue weighted by Gasteiger charge is -2.13. The first-order chi connectivity index (χ1) is 7.68. The first-order valence-corrected chi connectivity index (χ1v) is 7.94. The maximum absolute atomic E-state index is 10.7. The molecule has 0 aliphatic heterocycles. The molecule has 7 heteroatoms. The largest absolute Gasteiger partial charge is 0.310 e. The minimum atomic E-state index is -3.38. The summed E-state index contributed by atoms with van der Waals surface area (Å²) >= 11 is 1.63. The summed E-state index contributed by atoms with van der Waals surface area (Å²) in [5.74, 6) is -0.0523. The van der Waals surface area contributed by atoms with Gasteiger partial charge >= 0.3 is 0 Å². The van der Waals surface area contributed by atoms with Crippen LogP contribution in [0.15, 0.2) is 5.38 Å². The highest BCUT2D eigenvalue weighted by Crippen LogP contribution is 2.25. The number of hydrogen-bond donors (Lipinski definition) is 2. The Morgan fingerprint density at radius 1 is 1.47 bits per heavy atom. The molecule has 0 bridgehead atoms. The van der Waals surface area contributed by atoms with E-state index in [0.717, 1.165) is 10.7 Å². The Balaban J connectivity index is 2.41. The van der Waals surface area contributed by atoms with Crippen LogP contribution in [-0.2, 0) is 22.0 Å². The summed E-state index contributed by atoms with van der Waals surface area (Å²) in [5.41, 5.74) is 0.998. The summed E-state index contributed by atoms with van der Waals surface area (Å²) in [4.78, 5) is 4.49. The zero-order valence-corrected chi connectivity index (χ0v) is 12.0. The Morgan fingerprint density at radius 3 is 2.59 bits per heavy atom. The van der Waals surface area contributed by atoms with E-state index in [4.69, 9.17) is 5.14 Å². The number of aromatic nitrogens is 1. The molecule has 1 aromatic heterocycles. The molecular formula is C10H19N3O2S2. The third-order valence-corrected chi connectivity index (χ3v) is 4.15. The fourth-order valence-electron chi connectivity index (χ4n) is 1.16. The van der Waals surface area contributed by atoms with Gasteiger partial charge in [-0.2, -0.15) is 0 Å². The van der Waals surface area contributed by atoms with E-state index in [1.54, 1.807) is 11.3 Å². The van der Waals surface area contributed by atoms with E-state index >= 15 is 0 Å². The SMILES string of the molecule is CC(C)(C)c1nc(CNCCS(N)(=O)=O)cs1. The van der Waals surface area contributed by atoms with Crippen molar-refractivity contribution in [2.45, 2.75) is 32.7 Å². The van der Waals surface area contributed by atoms with Crippen LogP contribution in [0.25, 0.3) is 0 Å². The van der Waals surface area contributed by atoms with Crippen LogP contribution in [0.5, 0.6) is 0 Å². The van der Waals surface area contributed by atoms with Crippen LogP contribution in [-0.4, -0.2) is 25.7 Å². The van der Waals surface area contributed by atoms with Crippen molar-refractivity contribution in [1.82, 2.24) is 10.3 Å². The second-order valence-corrected chi connectivity index (χ2v) is 7.53. The van der Waals surface area contributed by atoms with Crippen molar-refractivity contribution in [3.8, 4) is 0 Å². The molecule has 0 aliphatic rings. The fraction of sp³-hybridized carbons (Fsp3) is 0.700. The van der Waals surface area contributed by atoms with Gasteiger partial charge in [-0.1, -0.05) is 20.8 Å². The highest BCUT2D eigenvalue weighted by Gasteiger charge is 2.17. The first-order valence-electron chi connectivity index (χ1n) is 5.34.